The first kappa shape index (κ1) is 19.5. The van der Waals surface area contributed by atoms with Gasteiger partial charge in [-0.1, -0.05) is 38.5 Å². The van der Waals surface area contributed by atoms with Gasteiger partial charge in [0.25, 0.3) is 5.91 Å². The molecule has 4 amide bonds. The highest BCUT2D eigenvalue weighted by atomic mass is 32.1. The Morgan fingerprint density at radius 3 is 2.38 bits per heavy atom. The van der Waals surface area contributed by atoms with E-state index in [-0.39, 0.29) is 5.92 Å². The number of hydrogen-bond acceptors (Lipinski definition) is 4. The molecule has 1 heterocycles. The van der Waals surface area contributed by atoms with Crippen molar-refractivity contribution in [1.82, 2.24) is 5.32 Å². The smallest absolute Gasteiger partial charge is 0.324 e. The Bertz CT molecular complexity index is 776. The molecule has 0 saturated carbocycles. The Kier molecular flexibility index (Phi) is 6.74. The van der Waals surface area contributed by atoms with Crippen LogP contribution in [0.5, 0.6) is 0 Å². The van der Waals surface area contributed by atoms with Gasteiger partial charge in [-0.15, -0.1) is 11.3 Å². The van der Waals surface area contributed by atoms with Crippen LogP contribution >= 0.6 is 11.3 Å². The molecule has 2 atom stereocenters. The van der Waals surface area contributed by atoms with E-state index in [1.54, 1.807) is 24.3 Å². The minimum atomic E-state index is -0.729. The molecule has 5 N–H and O–H groups in total. The molecule has 1 aromatic heterocycles. The van der Waals surface area contributed by atoms with Crippen LogP contribution in [0.3, 0.4) is 0 Å². The first-order valence-corrected chi connectivity index (χ1v) is 9.05. The zero-order valence-corrected chi connectivity index (χ0v) is 15.4. The number of nitrogens with two attached hydrogens (primary N) is 1. The van der Waals surface area contributed by atoms with Gasteiger partial charge in [0.05, 0.1) is 9.88 Å². The Labute approximate surface area is 156 Å². The second kappa shape index (κ2) is 9.00. The third-order valence-corrected chi connectivity index (χ3v) is 4.90. The highest BCUT2D eigenvalue weighted by molar-refractivity contribution is 7.18. The monoisotopic (exact) mass is 374 g/mol. The number of benzene rings is 1. The van der Waals surface area contributed by atoms with Gasteiger partial charge < -0.3 is 16.4 Å². The molecule has 2 rings (SSSR count). The predicted molar refractivity (Wildman–Crippen MR) is 103 cm³/mol. The van der Waals surface area contributed by atoms with E-state index in [0.29, 0.717) is 22.0 Å². The van der Waals surface area contributed by atoms with Crippen LogP contribution in [0.1, 0.15) is 29.9 Å². The average Bonchev–Trinajstić information content (AvgIpc) is 3.07. The second-order valence-corrected chi connectivity index (χ2v) is 6.93. The zero-order chi connectivity index (χ0) is 19.1. The number of carbonyl (C=O) groups is 3. The molecule has 8 heteroatoms. The molecule has 7 nitrogen and oxygen atoms in total. The maximum Gasteiger partial charge on any atom is 0.324 e. The van der Waals surface area contributed by atoms with Gasteiger partial charge in [0.2, 0.25) is 5.91 Å². The van der Waals surface area contributed by atoms with Crippen LogP contribution in [0.25, 0.3) is 0 Å². The van der Waals surface area contributed by atoms with E-state index in [9.17, 15) is 14.4 Å². The summed E-state index contributed by atoms with van der Waals surface area (Å²) in [4.78, 5) is 36.2. The largest absolute Gasteiger partial charge is 0.368 e. The fraction of sp³-hybridized carbons (Fsp3) is 0.278. The van der Waals surface area contributed by atoms with Crippen molar-refractivity contribution in [3.05, 3.63) is 47.3 Å². The average molecular weight is 374 g/mol. The van der Waals surface area contributed by atoms with Crippen LogP contribution in [0.15, 0.2) is 42.5 Å². The summed E-state index contributed by atoms with van der Waals surface area (Å²) < 4.78 is 0. The summed E-state index contributed by atoms with van der Waals surface area (Å²) in [7, 11) is 0. The molecule has 0 aliphatic heterocycles. The number of urea groups is 1. The number of rotatable bonds is 7. The molecule has 2 unspecified atom stereocenters. The third kappa shape index (κ3) is 5.32. The van der Waals surface area contributed by atoms with Gasteiger partial charge in [-0.2, -0.15) is 0 Å². The molecule has 0 spiro atoms. The van der Waals surface area contributed by atoms with E-state index >= 15 is 0 Å². The van der Waals surface area contributed by atoms with Crippen LogP contribution in [0, 0.1) is 5.92 Å². The van der Waals surface area contributed by atoms with E-state index in [1.165, 1.54) is 0 Å². The Morgan fingerprint density at radius 1 is 1.08 bits per heavy atom. The van der Waals surface area contributed by atoms with E-state index in [1.807, 2.05) is 32.0 Å². The van der Waals surface area contributed by atoms with Crippen molar-refractivity contribution in [2.24, 2.45) is 11.7 Å². The van der Waals surface area contributed by atoms with Crippen LogP contribution in [-0.2, 0) is 4.79 Å². The maximum atomic E-state index is 12.3. The van der Waals surface area contributed by atoms with E-state index in [0.717, 1.165) is 11.3 Å². The Hall–Kier alpha value is -2.87. The number of primary amides is 1. The van der Waals surface area contributed by atoms with Gasteiger partial charge in [0.1, 0.15) is 6.04 Å². The Morgan fingerprint density at radius 2 is 1.77 bits per heavy atom. The maximum absolute atomic E-state index is 12.3. The SMILES string of the molecule is CCC(C)C(NC(=O)c1ccc(NC(=O)Nc2ccccc2)s1)C(N)=O. The fourth-order valence-corrected chi connectivity index (χ4v) is 3.07. The molecule has 26 heavy (non-hydrogen) atoms. The van der Waals surface area contributed by atoms with Gasteiger partial charge in [-0.3, -0.25) is 14.9 Å². The highest BCUT2D eigenvalue weighted by Gasteiger charge is 2.24. The lowest BCUT2D eigenvalue weighted by molar-refractivity contribution is -0.120. The van der Waals surface area contributed by atoms with Crippen molar-refractivity contribution < 1.29 is 14.4 Å². The van der Waals surface area contributed by atoms with Crippen molar-refractivity contribution >= 4 is 39.9 Å². The molecule has 0 fully saturated rings. The second-order valence-electron chi connectivity index (χ2n) is 5.85. The zero-order valence-electron chi connectivity index (χ0n) is 14.6. The summed E-state index contributed by atoms with van der Waals surface area (Å²) in [6.07, 6.45) is 0.713. The van der Waals surface area contributed by atoms with Crippen molar-refractivity contribution in [3.8, 4) is 0 Å². The molecule has 0 saturated heterocycles. The van der Waals surface area contributed by atoms with E-state index in [4.69, 9.17) is 5.73 Å². The molecular weight excluding hydrogens is 352 g/mol. The molecular formula is C18H22N4O3S. The number of thiophene rings is 1. The standard InChI is InChI=1S/C18H22N4O3S/c1-3-11(2)15(16(19)23)22-17(24)13-9-10-14(26-13)21-18(25)20-12-7-5-4-6-8-12/h4-11,15H,3H2,1-2H3,(H2,19,23)(H,22,24)(H2,20,21,25). The van der Waals surface area contributed by atoms with Crippen molar-refractivity contribution in [3.63, 3.8) is 0 Å². The summed E-state index contributed by atoms with van der Waals surface area (Å²) in [6, 6.07) is 11.1. The van der Waals surface area contributed by atoms with E-state index in [2.05, 4.69) is 16.0 Å². The predicted octanol–water partition coefficient (Wildman–Crippen LogP) is 3.02. The fourth-order valence-electron chi connectivity index (χ4n) is 2.26. The third-order valence-electron chi connectivity index (χ3n) is 3.90. The summed E-state index contributed by atoms with van der Waals surface area (Å²) in [6.45, 7) is 3.77. The summed E-state index contributed by atoms with van der Waals surface area (Å²) in [5, 5.41) is 8.54. The summed E-state index contributed by atoms with van der Waals surface area (Å²) in [5.41, 5.74) is 6.03. The topological polar surface area (TPSA) is 113 Å². The summed E-state index contributed by atoms with van der Waals surface area (Å²) in [5.74, 6) is -1.02. The van der Waals surface area contributed by atoms with Crippen LogP contribution < -0.4 is 21.7 Å². The van der Waals surface area contributed by atoms with Crippen LogP contribution in [-0.4, -0.2) is 23.9 Å². The van der Waals surface area contributed by atoms with Crippen molar-refractivity contribution in [1.29, 1.82) is 0 Å². The first-order chi connectivity index (χ1) is 12.4. The lowest BCUT2D eigenvalue weighted by Gasteiger charge is -2.20. The number of carbonyl (C=O) groups excluding carboxylic acids is 3. The van der Waals surface area contributed by atoms with Gasteiger partial charge in [-0.25, -0.2) is 4.79 Å². The molecule has 138 valence electrons. The van der Waals surface area contributed by atoms with Gasteiger partial charge >= 0.3 is 6.03 Å². The molecule has 0 aliphatic rings. The normalized spacial score (nSPS) is 12.7. The van der Waals surface area contributed by atoms with Gasteiger partial charge in [-0.05, 0) is 30.2 Å². The van der Waals surface area contributed by atoms with Crippen molar-refractivity contribution in [2.75, 3.05) is 10.6 Å². The molecule has 0 bridgehead atoms. The summed E-state index contributed by atoms with van der Waals surface area (Å²) >= 11 is 1.12. The van der Waals surface area contributed by atoms with Crippen LogP contribution in [0.4, 0.5) is 15.5 Å². The Balaban J connectivity index is 1.96. The highest BCUT2D eigenvalue weighted by Crippen LogP contribution is 2.22. The molecule has 0 radical (unpaired) electrons. The first-order valence-electron chi connectivity index (χ1n) is 8.23. The molecule has 1 aromatic carbocycles. The minimum absolute atomic E-state index is 0.0642. The number of para-hydroxylation sites is 1. The van der Waals surface area contributed by atoms with Crippen molar-refractivity contribution in [2.45, 2.75) is 26.3 Å². The van der Waals surface area contributed by atoms with E-state index < -0.39 is 23.9 Å². The van der Waals surface area contributed by atoms with Gasteiger partial charge in [0, 0.05) is 5.69 Å². The molecule has 2 aromatic rings. The number of amides is 4. The quantitative estimate of drug-likeness (QED) is 0.597. The number of anilines is 2. The molecule has 0 aliphatic carbocycles. The minimum Gasteiger partial charge on any atom is -0.368 e. The number of nitrogens with one attached hydrogen (secondary N) is 3. The lowest BCUT2D eigenvalue weighted by Crippen LogP contribution is -2.48. The number of hydrogen-bond donors (Lipinski definition) is 4. The van der Waals surface area contributed by atoms with Gasteiger partial charge in [0.15, 0.2) is 0 Å². The van der Waals surface area contributed by atoms with Crippen LogP contribution in [0.2, 0.25) is 0 Å². The lowest BCUT2D eigenvalue weighted by atomic mass is 9.98.